The molecule has 0 aromatic heterocycles. The van der Waals surface area contributed by atoms with Crippen molar-refractivity contribution < 1.29 is 20.1 Å². The van der Waals surface area contributed by atoms with E-state index in [1.54, 1.807) is 6.08 Å². The second kappa shape index (κ2) is 6.80. The van der Waals surface area contributed by atoms with Gasteiger partial charge in [-0.15, -0.1) is 0 Å². The van der Waals surface area contributed by atoms with Crippen LogP contribution in [0.15, 0.2) is 17.3 Å². The second-order valence-corrected chi connectivity index (χ2v) is 6.09. The van der Waals surface area contributed by atoms with E-state index in [1.165, 1.54) is 11.8 Å². The number of amidine groups is 1. The quantitative estimate of drug-likeness (QED) is 0.663. The van der Waals surface area contributed by atoms with Crippen molar-refractivity contribution in [2.45, 2.75) is 49.6 Å². The van der Waals surface area contributed by atoms with Crippen LogP contribution in [-0.2, 0) is 4.74 Å². The molecule has 114 valence electrons. The third-order valence-electron chi connectivity index (χ3n) is 3.67. The summed E-state index contributed by atoms with van der Waals surface area (Å²) in [4.78, 5) is 6.45. The molecule has 0 saturated carbocycles. The smallest absolute Gasteiger partial charge is 0.162 e. The van der Waals surface area contributed by atoms with Crippen molar-refractivity contribution in [3.05, 3.63) is 12.3 Å². The van der Waals surface area contributed by atoms with Gasteiger partial charge in [0.25, 0.3) is 0 Å². The first-order chi connectivity index (χ1) is 9.58. The van der Waals surface area contributed by atoms with E-state index < -0.39 is 24.4 Å². The summed E-state index contributed by atoms with van der Waals surface area (Å²) in [5.74, 6) is 0. The molecule has 0 bridgehead atoms. The Morgan fingerprint density at radius 1 is 1.40 bits per heavy atom. The van der Waals surface area contributed by atoms with Crippen molar-refractivity contribution in [3.8, 4) is 0 Å². The molecule has 2 aliphatic heterocycles. The van der Waals surface area contributed by atoms with E-state index in [4.69, 9.17) is 9.84 Å². The highest BCUT2D eigenvalue weighted by Crippen LogP contribution is 2.38. The molecule has 2 heterocycles. The highest BCUT2D eigenvalue weighted by Gasteiger charge is 2.48. The Balaban J connectivity index is 2.01. The first kappa shape index (κ1) is 15.6. The summed E-state index contributed by atoms with van der Waals surface area (Å²) in [6.07, 6.45) is 1.44. The lowest BCUT2D eigenvalue weighted by Gasteiger charge is -2.38. The van der Waals surface area contributed by atoms with Crippen molar-refractivity contribution >= 4 is 16.9 Å². The number of aliphatic hydroxyl groups is 3. The van der Waals surface area contributed by atoms with Gasteiger partial charge in [0.05, 0.1) is 12.4 Å². The molecular formula is C13H22N2O4S. The molecule has 5 atom stereocenters. The van der Waals surface area contributed by atoms with Gasteiger partial charge in [0.15, 0.2) is 5.17 Å². The average Bonchev–Trinajstić information content (AvgIpc) is 2.87. The molecule has 0 radical (unpaired) electrons. The Morgan fingerprint density at radius 3 is 2.80 bits per heavy atom. The predicted molar refractivity (Wildman–Crippen MR) is 78.8 cm³/mol. The molecule has 0 unspecified atom stereocenters. The molecule has 1 fully saturated rings. The summed E-state index contributed by atoms with van der Waals surface area (Å²) in [5, 5.41) is 29.8. The molecule has 6 nitrogen and oxygen atoms in total. The first-order valence-electron chi connectivity index (χ1n) is 6.84. The van der Waals surface area contributed by atoms with Crippen molar-refractivity contribution in [1.82, 2.24) is 4.90 Å². The molecule has 2 aliphatic rings. The third-order valence-corrected chi connectivity index (χ3v) is 4.92. The molecule has 0 spiro atoms. The van der Waals surface area contributed by atoms with E-state index in [0.29, 0.717) is 12.8 Å². The van der Waals surface area contributed by atoms with E-state index in [0.717, 1.165) is 18.0 Å². The van der Waals surface area contributed by atoms with Crippen LogP contribution >= 0.6 is 11.8 Å². The predicted octanol–water partition coefficient (Wildman–Crippen LogP) is 0.708. The van der Waals surface area contributed by atoms with Gasteiger partial charge in [0.2, 0.25) is 0 Å². The molecular weight excluding hydrogens is 280 g/mol. The van der Waals surface area contributed by atoms with Gasteiger partial charge in [-0.25, -0.2) is 0 Å². The number of hydrogen-bond acceptors (Lipinski definition) is 7. The maximum absolute atomic E-state index is 10.2. The van der Waals surface area contributed by atoms with Crippen LogP contribution in [0, 0.1) is 0 Å². The Morgan fingerprint density at radius 2 is 2.15 bits per heavy atom. The maximum atomic E-state index is 10.2. The fourth-order valence-corrected chi connectivity index (χ4v) is 3.57. The van der Waals surface area contributed by atoms with Gasteiger partial charge < -0.3 is 25.0 Å². The zero-order chi connectivity index (χ0) is 14.7. The Hall–Kier alpha value is -0.760. The zero-order valence-corrected chi connectivity index (χ0v) is 12.5. The lowest BCUT2D eigenvalue weighted by atomic mass is 9.95. The lowest BCUT2D eigenvalue weighted by Crippen LogP contribution is -2.54. The van der Waals surface area contributed by atoms with E-state index in [-0.39, 0.29) is 5.44 Å². The van der Waals surface area contributed by atoms with Crippen LogP contribution in [0.3, 0.4) is 0 Å². The van der Waals surface area contributed by atoms with Crippen LogP contribution in [0.5, 0.6) is 0 Å². The molecule has 7 heteroatoms. The lowest BCUT2D eigenvalue weighted by molar-refractivity contribution is -0.154. The number of ether oxygens (including phenoxy) is 1. The summed E-state index contributed by atoms with van der Waals surface area (Å²) in [6, 6.07) is -0.413. The number of thioether (sulfide) groups is 1. The number of rotatable bonds is 4. The summed E-state index contributed by atoms with van der Waals surface area (Å²) >= 11 is 1.49. The second-order valence-electron chi connectivity index (χ2n) is 5.02. The van der Waals surface area contributed by atoms with Crippen molar-refractivity contribution in [3.63, 3.8) is 0 Å². The maximum Gasteiger partial charge on any atom is 0.162 e. The van der Waals surface area contributed by atoms with Crippen LogP contribution in [0.1, 0.15) is 19.8 Å². The largest absolute Gasteiger partial charge is 0.516 e. The highest BCUT2D eigenvalue weighted by atomic mass is 32.2. The fraction of sp³-hybridized carbons (Fsp3) is 0.769. The topological polar surface area (TPSA) is 85.5 Å². The van der Waals surface area contributed by atoms with Gasteiger partial charge >= 0.3 is 0 Å². The molecule has 2 rings (SSSR count). The minimum absolute atomic E-state index is 0.250. The monoisotopic (exact) mass is 302 g/mol. The summed E-state index contributed by atoms with van der Waals surface area (Å²) in [5.41, 5.74) is -0.250. The summed E-state index contributed by atoms with van der Waals surface area (Å²) in [6.45, 7) is 2.86. The van der Waals surface area contributed by atoms with Gasteiger partial charge in [0, 0.05) is 13.6 Å². The normalized spacial score (nSPS) is 37.0. The minimum atomic E-state index is -0.945. The molecule has 0 aromatic carbocycles. The van der Waals surface area contributed by atoms with Gasteiger partial charge in [-0.05, 0) is 19.8 Å². The summed E-state index contributed by atoms with van der Waals surface area (Å²) in [7, 11) is 1.94. The molecule has 3 N–H and O–H groups in total. The van der Waals surface area contributed by atoms with Crippen molar-refractivity contribution in [2.75, 3.05) is 13.6 Å². The van der Waals surface area contributed by atoms with Crippen molar-refractivity contribution in [2.24, 2.45) is 4.99 Å². The van der Waals surface area contributed by atoms with Crippen LogP contribution in [0.4, 0.5) is 0 Å². The first-order valence-corrected chi connectivity index (χ1v) is 7.72. The van der Waals surface area contributed by atoms with Gasteiger partial charge in [-0.2, -0.15) is 0 Å². The number of nitrogens with zero attached hydrogens (tertiary/aromatic N) is 2. The van der Waals surface area contributed by atoms with E-state index in [9.17, 15) is 10.2 Å². The van der Waals surface area contributed by atoms with Crippen LogP contribution in [-0.4, -0.2) is 68.8 Å². The van der Waals surface area contributed by atoms with E-state index in [2.05, 4.69) is 4.99 Å². The Bertz CT molecular complexity index is 391. The number of aliphatic hydroxyl groups excluding tert-OH is 3. The summed E-state index contributed by atoms with van der Waals surface area (Å²) < 4.78 is 5.86. The van der Waals surface area contributed by atoms with Gasteiger partial charge in [-0.3, -0.25) is 4.99 Å². The third kappa shape index (κ3) is 3.11. The van der Waals surface area contributed by atoms with E-state index >= 15 is 0 Å². The number of hydrogen-bond donors (Lipinski definition) is 3. The van der Waals surface area contributed by atoms with Crippen LogP contribution in [0.25, 0.3) is 0 Å². The van der Waals surface area contributed by atoms with Crippen LogP contribution in [0.2, 0.25) is 0 Å². The van der Waals surface area contributed by atoms with Crippen molar-refractivity contribution in [1.29, 1.82) is 0 Å². The standard InChI is InChI=1S/C13H22N2O4S/c1-3-15(2)13-14-9-11(18)10(17)8(6-4-5-7-16)19-12(9)20-13/h5,7-12,16-18H,3-4,6H2,1-2H3/t8-,9-,10-,11-,12-/m1/s1. The zero-order valence-electron chi connectivity index (χ0n) is 11.7. The van der Waals surface area contributed by atoms with Crippen LogP contribution < -0.4 is 0 Å². The average molecular weight is 302 g/mol. The molecule has 0 aromatic rings. The highest BCUT2D eigenvalue weighted by molar-refractivity contribution is 8.14. The molecule has 0 aliphatic carbocycles. The molecule has 0 amide bonds. The minimum Gasteiger partial charge on any atom is -0.516 e. The Labute approximate surface area is 123 Å². The number of fused-ring (bicyclic) bond motifs is 1. The number of aliphatic imine (C=N–C) groups is 1. The van der Waals surface area contributed by atoms with E-state index in [1.807, 2.05) is 18.9 Å². The van der Waals surface area contributed by atoms with Gasteiger partial charge in [0.1, 0.15) is 23.7 Å². The molecule has 1 saturated heterocycles. The fourth-order valence-electron chi connectivity index (χ4n) is 2.31. The molecule has 20 heavy (non-hydrogen) atoms. The van der Waals surface area contributed by atoms with Gasteiger partial charge in [-0.1, -0.05) is 17.8 Å². The SMILES string of the molecule is CCN(C)C1=N[C@@H]2[C@@H](O)[C@H](O)[C@@H](CCC=CO)O[C@@H]2S1. The number of allylic oxidation sites excluding steroid dienone is 1. The Kier molecular flexibility index (Phi) is 5.31.